The minimum Gasteiger partial charge on any atom is -0.377 e. The highest BCUT2D eigenvalue weighted by molar-refractivity contribution is 7.99. The van der Waals surface area contributed by atoms with Crippen molar-refractivity contribution >= 4 is 29.0 Å². The van der Waals surface area contributed by atoms with Gasteiger partial charge in [-0.05, 0) is 29.8 Å². The first-order valence-corrected chi connectivity index (χ1v) is 8.13. The standard InChI is InChI=1S/C17H18N2OS/c1-2-17(20)19-13-7-5-6-12(10-13)18-15-11-21-16-9-4-3-8-14(15)16/h3-10,15,18H,2,11H2,1H3,(H,19,20). The van der Waals surface area contributed by atoms with Crippen molar-refractivity contribution in [2.75, 3.05) is 16.4 Å². The zero-order valence-electron chi connectivity index (χ0n) is 11.9. The van der Waals surface area contributed by atoms with E-state index in [1.165, 1.54) is 10.5 Å². The molecule has 0 aliphatic carbocycles. The Kier molecular flexibility index (Phi) is 4.15. The Bertz CT molecular complexity index is 657. The predicted molar refractivity (Wildman–Crippen MR) is 88.9 cm³/mol. The molecule has 108 valence electrons. The quantitative estimate of drug-likeness (QED) is 0.884. The Labute approximate surface area is 129 Å². The summed E-state index contributed by atoms with van der Waals surface area (Å²) in [5.74, 6) is 1.07. The molecule has 2 aromatic rings. The van der Waals surface area contributed by atoms with Crippen LogP contribution >= 0.6 is 11.8 Å². The molecule has 1 heterocycles. The number of hydrogen-bond acceptors (Lipinski definition) is 3. The molecule has 3 rings (SSSR count). The molecule has 0 aromatic heterocycles. The number of fused-ring (bicyclic) bond motifs is 1. The highest BCUT2D eigenvalue weighted by Crippen LogP contribution is 2.39. The molecule has 0 radical (unpaired) electrons. The van der Waals surface area contributed by atoms with E-state index in [-0.39, 0.29) is 5.91 Å². The fraction of sp³-hybridized carbons (Fsp3) is 0.235. The van der Waals surface area contributed by atoms with Crippen LogP contribution in [-0.2, 0) is 4.79 Å². The first-order valence-electron chi connectivity index (χ1n) is 7.14. The highest BCUT2D eigenvalue weighted by atomic mass is 32.2. The fourth-order valence-corrected chi connectivity index (χ4v) is 3.58. The predicted octanol–water partition coefficient (Wildman–Crippen LogP) is 4.29. The lowest BCUT2D eigenvalue weighted by molar-refractivity contribution is -0.115. The molecule has 4 heteroatoms. The van der Waals surface area contributed by atoms with Crippen molar-refractivity contribution in [2.24, 2.45) is 0 Å². The molecule has 1 aliphatic heterocycles. The maximum absolute atomic E-state index is 11.5. The lowest BCUT2D eigenvalue weighted by atomic mass is 10.1. The van der Waals surface area contributed by atoms with Crippen LogP contribution in [0.4, 0.5) is 11.4 Å². The van der Waals surface area contributed by atoms with Crippen LogP contribution in [0.15, 0.2) is 53.4 Å². The average molecular weight is 298 g/mol. The number of rotatable bonds is 4. The summed E-state index contributed by atoms with van der Waals surface area (Å²) >= 11 is 1.88. The van der Waals surface area contributed by atoms with Gasteiger partial charge in [-0.15, -0.1) is 11.8 Å². The first-order chi connectivity index (χ1) is 10.3. The van der Waals surface area contributed by atoms with Gasteiger partial charge in [0.1, 0.15) is 0 Å². The van der Waals surface area contributed by atoms with Crippen LogP contribution in [0.2, 0.25) is 0 Å². The van der Waals surface area contributed by atoms with Crippen molar-refractivity contribution in [2.45, 2.75) is 24.3 Å². The molecule has 3 nitrogen and oxygen atoms in total. The Balaban J connectivity index is 1.74. The summed E-state index contributed by atoms with van der Waals surface area (Å²) in [4.78, 5) is 12.8. The van der Waals surface area contributed by atoms with E-state index in [0.29, 0.717) is 12.5 Å². The third kappa shape index (κ3) is 3.22. The molecule has 0 saturated heterocycles. The fourth-order valence-electron chi connectivity index (χ4n) is 2.42. The molecule has 1 atom stereocenters. The van der Waals surface area contributed by atoms with Gasteiger partial charge in [-0.25, -0.2) is 0 Å². The highest BCUT2D eigenvalue weighted by Gasteiger charge is 2.22. The second-order valence-corrected chi connectivity index (χ2v) is 6.09. The molecular weight excluding hydrogens is 280 g/mol. The smallest absolute Gasteiger partial charge is 0.224 e. The van der Waals surface area contributed by atoms with Crippen LogP contribution < -0.4 is 10.6 Å². The largest absolute Gasteiger partial charge is 0.377 e. The molecule has 1 aliphatic rings. The van der Waals surface area contributed by atoms with Crippen LogP contribution in [-0.4, -0.2) is 11.7 Å². The summed E-state index contributed by atoms with van der Waals surface area (Å²) in [7, 11) is 0. The molecule has 0 fully saturated rings. The van der Waals surface area contributed by atoms with E-state index in [1.807, 2.05) is 43.0 Å². The second-order valence-electron chi connectivity index (χ2n) is 5.03. The molecule has 0 saturated carbocycles. The number of carbonyl (C=O) groups is 1. The van der Waals surface area contributed by atoms with Crippen LogP contribution in [0.1, 0.15) is 24.9 Å². The summed E-state index contributed by atoms with van der Waals surface area (Å²) in [6, 6.07) is 16.7. The van der Waals surface area contributed by atoms with Crippen LogP contribution in [0, 0.1) is 0 Å². The van der Waals surface area contributed by atoms with E-state index in [2.05, 4.69) is 34.9 Å². The van der Waals surface area contributed by atoms with E-state index < -0.39 is 0 Å². The third-order valence-corrected chi connectivity index (χ3v) is 4.69. The van der Waals surface area contributed by atoms with Gasteiger partial charge in [0.25, 0.3) is 0 Å². The minimum atomic E-state index is 0.0360. The zero-order chi connectivity index (χ0) is 14.7. The van der Waals surface area contributed by atoms with Crippen molar-refractivity contribution in [1.82, 2.24) is 0 Å². The molecule has 1 amide bonds. The van der Waals surface area contributed by atoms with Gasteiger partial charge in [-0.3, -0.25) is 4.79 Å². The Morgan fingerprint density at radius 3 is 2.86 bits per heavy atom. The SMILES string of the molecule is CCC(=O)Nc1cccc(NC2CSc3ccccc32)c1. The molecule has 0 bridgehead atoms. The number of hydrogen-bond donors (Lipinski definition) is 2. The van der Waals surface area contributed by atoms with Gasteiger partial charge in [-0.1, -0.05) is 31.2 Å². The molecule has 1 unspecified atom stereocenters. The average Bonchev–Trinajstić information content (AvgIpc) is 2.91. The Hall–Kier alpha value is -1.94. The number of benzene rings is 2. The number of amides is 1. The number of carbonyl (C=O) groups excluding carboxylic acids is 1. The monoisotopic (exact) mass is 298 g/mol. The number of anilines is 2. The molecular formula is C17H18N2OS. The number of nitrogens with one attached hydrogen (secondary N) is 2. The summed E-state index contributed by atoms with van der Waals surface area (Å²) in [5, 5.41) is 6.45. The minimum absolute atomic E-state index is 0.0360. The lowest BCUT2D eigenvalue weighted by Crippen LogP contribution is -2.11. The van der Waals surface area contributed by atoms with Crippen LogP contribution in [0.5, 0.6) is 0 Å². The maximum Gasteiger partial charge on any atom is 0.224 e. The van der Waals surface area contributed by atoms with E-state index >= 15 is 0 Å². The molecule has 21 heavy (non-hydrogen) atoms. The van der Waals surface area contributed by atoms with E-state index in [4.69, 9.17) is 0 Å². The van der Waals surface area contributed by atoms with Gasteiger partial charge in [0.15, 0.2) is 0 Å². The Morgan fingerprint density at radius 1 is 1.19 bits per heavy atom. The van der Waals surface area contributed by atoms with Gasteiger partial charge in [-0.2, -0.15) is 0 Å². The van der Waals surface area contributed by atoms with Crippen molar-refractivity contribution in [3.05, 3.63) is 54.1 Å². The maximum atomic E-state index is 11.5. The molecule has 2 aromatic carbocycles. The van der Waals surface area contributed by atoms with Gasteiger partial charge in [0, 0.05) is 28.4 Å². The van der Waals surface area contributed by atoms with Gasteiger partial charge in [0.05, 0.1) is 6.04 Å². The van der Waals surface area contributed by atoms with Crippen molar-refractivity contribution in [3.63, 3.8) is 0 Å². The number of thioether (sulfide) groups is 1. The first kappa shape index (κ1) is 14.0. The van der Waals surface area contributed by atoms with Crippen molar-refractivity contribution < 1.29 is 4.79 Å². The van der Waals surface area contributed by atoms with Gasteiger partial charge >= 0.3 is 0 Å². The molecule has 0 spiro atoms. The summed E-state index contributed by atoms with van der Waals surface area (Å²) in [5.41, 5.74) is 3.22. The summed E-state index contributed by atoms with van der Waals surface area (Å²) in [6.07, 6.45) is 0.490. The van der Waals surface area contributed by atoms with Crippen molar-refractivity contribution in [1.29, 1.82) is 0 Å². The topological polar surface area (TPSA) is 41.1 Å². The van der Waals surface area contributed by atoms with Crippen molar-refractivity contribution in [3.8, 4) is 0 Å². The third-order valence-electron chi connectivity index (χ3n) is 3.51. The van der Waals surface area contributed by atoms with Crippen LogP contribution in [0.3, 0.4) is 0 Å². The van der Waals surface area contributed by atoms with E-state index in [9.17, 15) is 4.79 Å². The normalized spacial score (nSPS) is 16.3. The second kappa shape index (κ2) is 6.22. The Morgan fingerprint density at radius 2 is 2.00 bits per heavy atom. The van der Waals surface area contributed by atoms with E-state index in [0.717, 1.165) is 17.1 Å². The summed E-state index contributed by atoms with van der Waals surface area (Å²) in [6.45, 7) is 1.85. The van der Waals surface area contributed by atoms with E-state index in [1.54, 1.807) is 0 Å². The van der Waals surface area contributed by atoms with Crippen LogP contribution in [0.25, 0.3) is 0 Å². The lowest BCUT2D eigenvalue weighted by Gasteiger charge is -2.15. The zero-order valence-corrected chi connectivity index (χ0v) is 12.7. The molecule has 2 N–H and O–H groups in total. The van der Waals surface area contributed by atoms with Gasteiger partial charge in [0.2, 0.25) is 5.91 Å². The summed E-state index contributed by atoms with van der Waals surface area (Å²) < 4.78 is 0. The van der Waals surface area contributed by atoms with Gasteiger partial charge < -0.3 is 10.6 Å².